The third kappa shape index (κ3) is 5.43. The number of carbonyl (C=O) groups is 2. The molecule has 6 heteroatoms. The minimum Gasteiger partial charge on any atom is -0.371 e. The zero-order valence-electron chi connectivity index (χ0n) is 17.8. The largest absolute Gasteiger partial charge is 0.371 e. The van der Waals surface area contributed by atoms with Crippen LogP contribution in [-0.2, 0) is 11.3 Å². The van der Waals surface area contributed by atoms with Gasteiger partial charge in [0.05, 0.1) is 5.56 Å². The molecule has 0 atom stereocenters. The maximum Gasteiger partial charge on any atom is 0.253 e. The molecule has 1 heterocycles. The van der Waals surface area contributed by atoms with Gasteiger partial charge in [0, 0.05) is 37.3 Å². The molecule has 2 amide bonds. The molecule has 0 radical (unpaired) electrons. The summed E-state index contributed by atoms with van der Waals surface area (Å²) in [6.45, 7) is 1.87. The number of hydrogen-bond acceptors (Lipinski definition) is 3. The van der Waals surface area contributed by atoms with Crippen molar-refractivity contribution < 1.29 is 14.0 Å². The third-order valence-electron chi connectivity index (χ3n) is 6.40. The minimum absolute atomic E-state index is 0.170. The van der Waals surface area contributed by atoms with Gasteiger partial charge in [-0.05, 0) is 55.5 Å². The summed E-state index contributed by atoms with van der Waals surface area (Å²) in [5.41, 5.74) is 2.25. The number of rotatable bonds is 6. The van der Waals surface area contributed by atoms with Crippen LogP contribution in [0.25, 0.3) is 0 Å². The van der Waals surface area contributed by atoms with Crippen LogP contribution in [0.2, 0.25) is 0 Å². The molecule has 2 fully saturated rings. The molecule has 0 bridgehead atoms. The average Bonchev–Trinajstić information content (AvgIpc) is 3.33. The standard InChI is InChI=1S/C25H30FN3O2/c26-20-9-5-6-18(16-20)17-27-25(31)22-10-3-4-11-23(22)29-14-12-21(13-15-29)28-24(30)19-7-1-2-8-19/h3-6,9-11,16,19,21H,1-2,7-8,12-15,17H2,(H,27,31)(H,28,30). The van der Waals surface area contributed by atoms with Gasteiger partial charge < -0.3 is 15.5 Å². The van der Waals surface area contributed by atoms with Crippen molar-refractivity contribution in [3.63, 3.8) is 0 Å². The molecule has 1 saturated carbocycles. The van der Waals surface area contributed by atoms with Crippen LogP contribution in [0.5, 0.6) is 0 Å². The van der Waals surface area contributed by atoms with Crippen molar-refractivity contribution >= 4 is 17.5 Å². The molecule has 4 rings (SSSR count). The molecule has 0 unspecified atom stereocenters. The van der Waals surface area contributed by atoms with Crippen molar-refractivity contribution in [2.75, 3.05) is 18.0 Å². The molecule has 0 aromatic heterocycles. The summed E-state index contributed by atoms with van der Waals surface area (Å²) in [6.07, 6.45) is 6.10. The Labute approximate surface area is 183 Å². The Kier molecular flexibility index (Phi) is 6.85. The molecule has 2 N–H and O–H groups in total. The van der Waals surface area contributed by atoms with E-state index in [1.54, 1.807) is 12.1 Å². The van der Waals surface area contributed by atoms with Crippen LogP contribution >= 0.6 is 0 Å². The lowest BCUT2D eigenvalue weighted by molar-refractivity contribution is -0.125. The SMILES string of the molecule is O=C(NCc1cccc(F)c1)c1ccccc1N1CCC(NC(=O)C2CCCC2)CC1. The first-order chi connectivity index (χ1) is 15.1. The van der Waals surface area contributed by atoms with Gasteiger partial charge in [0.1, 0.15) is 5.82 Å². The summed E-state index contributed by atoms with van der Waals surface area (Å²) >= 11 is 0. The zero-order valence-corrected chi connectivity index (χ0v) is 17.8. The predicted molar refractivity (Wildman–Crippen MR) is 119 cm³/mol. The van der Waals surface area contributed by atoms with Crippen LogP contribution in [-0.4, -0.2) is 30.9 Å². The summed E-state index contributed by atoms with van der Waals surface area (Å²) in [5, 5.41) is 6.14. The number of nitrogens with zero attached hydrogens (tertiary/aromatic N) is 1. The lowest BCUT2D eigenvalue weighted by atomic mass is 10.0. The second-order valence-corrected chi connectivity index (χ2v) is 8.58. The third-order valence-corrected chi connectivity index (χ3v) is 6.40. The van der Waals surface area contributed by atoms with E-state index in [4.69, 9.17) is 0 Å². The number of anilines is 1. The Hall–Kier alpha value is -2.89. The molecule has 164 valence electrons. The molecular formula is C25H30FN3O2. The first-order valence-corrected chi connectivity index (χ1v) is 11.3. The highest BCUT2D eigenvalue weighted by Crippen LogP contribution is 2.27. The van der Waals surface area contributed by atoms with Gasteiger partial charge in [-0.15, -0.1) is 0 Å². The molecule has 2 aromatic rings. The summed E-state index contributed by atoms with van der Waals surface area (Å²) < 4.78 is 13.4. The maximum absolute atomic E-state index is 13.4. The fraction of sp³-hybridized carbons (Fsp3) is 0.440. The molecule has 1 aliphatic carbocycles. The molecule has 5 nitrogen and oxygen atoms in total. The van der Waals surface area contributed by atoms with Crippen LogP contribution in [0.15, 0.2) is 48.5 Å². The van der Waals surface area contributed by atoms with Gasteiger partial charge in [-0.3, -0.25) is 9.59 Å². The first-order valence-electron chi connectivity index (χ1n) is 11.3. The highest BCUT2D eigenvalue weighted by atomic mass is 19.1. The second-order valence-electron chi connectivity index (χ2n) is 8.58. The summed E-state index contributed by atoms with van der Waals surface area (Å²) in [5.74, 6) is -0.0693. The van der Waals surface area contributed by atoms with E-state index in [-0.39, 0.29) is 36.1 Å². The summed E-state index contributed by atoms with van der Waals surface area (Å²) in [6, 6.07) is 14.0. The smallest absolute Gasteiger partial charge is 0.253 e. The molecule has 1 saturated heterocycles. The van der Waals surface area contributed by atoms with Crippen molar-refractivity contribution in [2.45, 2.75) is 51.1 Å². The number of halogens is 1. The van der Waals surface area contributed by atoms with E-state index in [2.05, 4.69) is 15.5 Å². The second kappa shape index (κ2) is 9.94. The predicted octanol–water partition coefficient (Wildman–Crippen LogP) is 4.03. The lowest BCUT2D eigenvalue weighted by Crippen LogP contribution is -2.46. The zero-order chi connectivity index (χ0) is 21.6. The maximum atomic E-state index is 13.4. The van der Waals surface area contributed by atoms with E-state index in [0.29, 0.717) is 5.56 Å². The Morgan fingerprint density at radius 1 is 0.968 bits per heavy atom. The van der Waals surface area contributed by atoms with Gasteiger partial charge in [0.15, 0.2) is 0 Å². The van der Waals surface area contributed by atoms with Crippen LogP contribution in [0.3, 0.4) is 0 Å². The van der Waals surface area contributed by atoms with Gasteiger partial charge >= 0.3 is 0 Å². The number of para-hydroxylation sites is 1. The number of hydrogen-bond donors (Lipinski definition) is 2. The van der Waals surface area contributed by atoms with E-state index in [0.717, 1.165) is 62.9 Å². The monoisotopic (exact) mass is 423 g/mol. The Morgan fingerprint density at radius 3 is 2.45 bits per heavy atom. The Morgan fingerprint density at radius 2 is 1.71 bits per heavy atom. The number of piperidine rings is 1. The average molecular weight is 424 g/mol. The van der Waals surface area contributed by atoms with Crippen molar-refractivity contribution in [3.8, 4) is 0 Å². The lowest BCUT2D eigenvalue weighted by Gasteiger charge is -2.35. The molecule has 1 aliphatic heterocycles. The van der Waals surface area contributed by atoms with Crippen LogP contribution < -0.4 is 15.5 Å². The van der Waals surface area contributed by atoms with Crippen LogP contribution in [0.4, 0.5) is 10.1 Å². The summed E-state index contributed by atoms with van der Waals surface area (Å²) in [7, 11) is 0. The number of benzene rings is 2. The molecule has 31 heavy (non-hydrogen) atoms. The quantitative estimate of drug-likeness (QED) is 0.737. The van der Waals surface area contributed by atoms with Gasteiger partial charge in [0.25, 0.3) is 5.91 Å². The topological polar surface area (TPSA) is 61.4 Å². The minimum atomic E-state index is -0.310. The fourth-order valence-corrected chi connectivity index (χ4v) is 4.64. The van der Waals surface area contributed by atoms with E-state index in [1.807, 2.05) is 24.3 Å². The molecular weight excluding hydrogens is 393 g/mol. The number of nitrogens with one attached hydrogen (secondary N) is 2. The van der Waals surface area contributed by atoms with E-state index < -0.39 is 0 Å². The van der Waals surface area contributed by atoms with Crippen LogP contribution in [0, 0.1) is 11.7 Å². The number of amides is 2. The summed E-state index contributed by atoms with van der Waals surface area (Å²) in [4.78, 5) is 27.5. The van der Waals surface area contributed by atoms with Crippen molar-refractivity contribution in [3.05, 3.63) is 65.5 Å². The fourth-order valence-electron chi connectivity index (χ4n) is 4.64. The highest BCUT2D eigenvalue weighted by molar-refractivity contribution is 5.99. The Bertz CT molecular complexity index is 918. The van der Waals surface area contributed by atoms with Gasteiger partial charge in [0.2, 0.25) is 5.91 Å². The molecule has 2 aliphatic rings. The van der Waals surface area contributed by atoms with Gasteiger partial charge in [-0.25, -0.2) is 4.39 Å². The molecule has 0 spiro atoms. The van der Waals surface area contributed by atoms with Crippen molar-refractivity contribution in [1.29, 1.82) is 0 Å². The van der Waals surface area contributed by atoms with Crippen molar-refractivity contribution in [2.24, 2.45) is 5.92 Å². The first kappa shape index (κ1) is 21.3. The van der Waals surface area contributed by atoms with E-state index >= 15 is 0 Å². The van der Waals surface area contributed by atoms with E-state index in [1.165, 1.54) is 12.1 Å². The van der Waals surface area contributed by atoms with Gasteiger partial charge in [-0.1, -0.05) is 37.1 Å². The highest BCUT2D eigenvalue weighted by Gasteiger charge is 2.27. The normalized spacial score (nSPS) is 17.5. The van der Waals surface area contributed by atoms with E-state index in [9.17, 15) is 14.0 Å². The number of carbonyl (C=O) groups excluding carboxylic acids is 2. The Balaban J connectivity index is 1.34. The van der Waals surface area contributed by atoms with Crippen molar-refractivity contribution in [1.82, 2.24) is 10.6 Å². The van der Waals surface area contributed by atoms with Gasteiger partial charge in [-0.2, -0.15) is 0 Å². The molecule has 2 aromatic carbocycles. The van der Waals surface area contributed by atoms with Crippen LogP contribution in [0.1, 0.15) is 54.4 Å².